The van der Waals surface area contributed by atoms with Crippen LogP contribution in [0, 0.1) is 0 Å². The second-order valence-electron chi connectivity index (χ2n) is 7.79. The molecule has 0 aliphatic rings. The topological polar surface area (TPSA) is 45.8 Å². The summed E-state index contributed by atoms with van der Waals surface area (Å²) in [6.45, 7) is 4.11. The van der Waals surface area contributed by atoms with Crippen LogP contribution in [-0.2, 0) is 12.8 Å². The molecule has 0 radical (unpaired) electrons. The first-order chi connectivity index (χ1) is 14.6. The highest BCUT2D eigenvalue weighted by atomic mass is 32.2. The van der Waals surface area contributed by atoms with E-state index in [1.165, 1.54) is 21.9 Å². The first kappa shape index (κ1) is 20.4. The molecule has 0 bridgehead atoms. The average molecular weight is 415 g/mol. The third kappa shape index (κ3) is 4.65. The van der Waals surface area contributed by atoms with Crippen LogP contribution in [0.5, 0.6) is 0 Å². The molecule has 4 heteroatoms. The molecule has 4 rings (SSSR count). The van der Waals surface area contributed by atoms with Gasteiger partial charge in [-0.2, -0.15) is 0 Å². The number of fused-ring (bicyclic) bond motifs is 1. The number of nitrogens with zero attached hydrogens (tertiary/aromatic N) is 1. The summed E-state index contributed by atoms with van der Waals surface area (Å²) in [4.78, 5) is 20.8. The summed E-state index contributed by atoms with van der Waals surface area (Å²) >= 11 is 1.61. The smallest absolute Gasteiger partial charge is 0.255 e. The van der Waals surface area contributed by atoms with Crippen LogP contribution >= 0.6 is 11.8 Å². The van der Waals surface area contributed by atoms with Gasteiger partial charge in [0.2, 0.25) is 0 Å². The predicted molar refractivity (Wildman–Crippen MR) is 127 cm³/mol. The van der Waals surface area contributed by atoms with Crippen LogP contribution in [0.4, 0.5) is 0 Å². The van der Waals surface area contributed by atoms with E-state index in [1.807, 2.05) is 6.07 Å². The van der Waals surface area contributed by atoms with Crippen molar-refractivity contribution in [3.05, 3.63) is 106 Å². The Balaban J connectivity index is 1.63. The van der Waals surface area contributed by atoms with Gasteiger partial charge in [-0.05, 0) is 34.2 Å². The fourth-order valence-corrected chi connectivity index (χ4v) is 4.71. The number of aromatic nitrogens is 2. The summed E-state index contributed by atoms with van der Waals surface area (Å²) < 4.78 is 0. The van der Waals surface area contributed by atoms with E-state index in [9.17, 15) is 4.79 Å². The highest BCUT2D eigenvalue weighted by Crippen LogP contribution is 2.25. The zero-order valence-corrected chi connectivity index (χ0v) is 18.2. The number of hydrogen-bond donors (Lipinski definition) is 1. The molecule has 0 saturated heterocycles. The molecule has 30 heavy (non-hydrogen) atoms. The Hall–Kier alpha value is -2.85. The van der Waals surface area contributed by atoms with E-state index in [2.05, 4.69) is 85.6 Å². The molecule has 0 atom stereocenters. The van der Waals surface area contributed by atoms with Crippen molar-refractivity contribution in [1.29, 1.82) is 0 Å². The third-order valence-corrected chi connectivity index (χ3v) is 6.18. The number of thioether (sulfide) groups is 1. The Bertz CT molecular complexity index is 1190. The molecule has 0 fully saturated rings. The van der Waals surface area contributed by atoms with Crippen molar-refractivity contribution < 1.29 is 0 Å². The minimum Gasteiger partial charge on any atom is -0.301 e. The fraction of sp³-hybridized carbons (Fsp3) is 0.231. The summed E-state index contributed by atoms with van der Waals surface area (Å²) in [5.41, 5.74) is 4.15. The summed E-state index contributed by atoms with van der Waals surface area (Å²) in [6.07, 6.45) is 1.60. The molecule has 3 aromatic carbocycles. The van der Waals surface area contributed by atoms with Crippen LogP contribution in [0.15, 0.2) is 82.7 Å². The normalized spacial score (nSPS) is 11.3. The average Bonchev–Trinajstić information content (AvgIpc) is 2.74. The maximum absolute atomic E-state index is 12.9. The van der Waals surface area contributed by atoms with Crippen molar-refractivity contribution in [2.45, 2.75) is 37.8 Å². The maximum Gasteiger partial charge on any atom is 0.255 e. The van der Waals surface area contributed by atoms with Gasteiger partial charge in [0.15, 0.2) is 5.16 Å². The lowest BCUT2D eigenvalue weighted by Crippen LogP contribution is -2.20. The molecule has 0 unspecified atom stereocenters. The first-order valence-corrected chi connectivity index (χ1v) is 11.4. The van der Waals surface area contributed by atoms with E-state index < -0.39 is 0 Å². The van der Waals surface area contributed by atoms with E-state index in [0.717, 1.165) is 23.4 Å². The molecule has 152 valence electrons. The standard InChI is InChI=1S/C26H26N2OS/c1-18(2)24-23(17-21-13-8-12-20-11-6-7-14-22(20)21)27-26(28-25(24)29)30-16-15-19-9-4-3-5-10-19/h3-14,18H,15-17H2,1-2H3,(H,27,28,29). The van der Waals surface area contributed by atoms with E-state index in [1.54, 1.807) is 11.8 Å². The number of rotatable bonds is 7. The monoisotopic (exact) mass is 414 g/mol. The lowest BCUT2D eigenvalue weighted by atomic mass is 9.95. The summed E-state index contributed by atoms with van der Waals surface area (Å²) in [5, 5.41) is 3.13. The molecule has 0 spiro atoms. The van der Waals surface area contributed by atoms with Crippen LogP contribution in [0.3, 0.4) is 0 Å². The van der Waals surface area contributed by atoms with Crippen LogP contribution in [0.2, 0.25) is 0 Å². The quantitative estimate of drug-likeness (QED) is 0.299. The fourth-order valence-electron chi connectivity index (χ4n) is 3.84. The lowest BCUT2D eigenvalue weighted by molar-refractivity contribution is 0.765. The van der Waals surface area contributed by atoms with Crippen molar-refractivity contribution in [2.24, 2.45) is 0 Å². The molecule has 0 aliphatic carbocycles. The van der Waals surface area contributed by atoms with E-state index in [4.69, 9.17) is 4.98 Å². The van der Waals surface area contributed by atoms with Gasteiger partial charge in [0.1, 0.15) is 0 Å². The largest absolute Gasteiger partial charge is 0.301 e. The minimum atomic E-state index is -0.0163. The van der Waals surface area contributed by atoms with Gasteiger partial charge in [-0.1, -0.05) is 98.4 Å². The zero-order valence-electron chi connectivity index (χ0n) is 17.4. The Morgan fingerprint density at radius 2 is 1.67 bits per heavy atom. The van der Waals surface area contributed by atoms with Crippen LogP contribution in [-0.4, -0.2) is 15.7 Å². The second-order valence-corrected chi connectivity index (χ2v) is 8.87. The van der Waals surface area contributed by atoms with Crippen molar-refractivity contribution in [3.8, 4) is 0 Å². The summed E-state index contributed by atoms with van der Waals surface area (Å²) in [5.74, 6) is 0.997. The molecule has 1 heterocycles. The Morgan fingerprint density at radius 3 is 2.47 bits per heavy atom. The predicted octanol–water partition coefficient (Wildman–Crippen LogP) is 5.97. The zero-order chi connectivity index (χ0) is 20.9. The second kappa shape index (κ2) is 9.31. The summed E-state index contributed by atoms with van der Waals surface area (Å²) in [7, 11) is 0. The van der Waals surface area contributed by atoms with Gasteiger partial charge in [-0.3, -0.25) is 4.79 Å². The van der Waals surface area contributed by atoms with Crippen LogP contribution < -0.4 is 5.56 Å². The lowest BCUT2D eigenvalue weighted by Gasteiger charge is -2.14. The molecule has 1 N–H and O–H groups in total. The van der Waals surface area contributed by atoms with Gasteiger partial charge < -0.3 is 4.98 Å². The Morgan fingerprint density at radius 1 is 0.933 bits per heavy atom. The van der Waals surface area contributed by atoms with Crippen LogP contribution in [0.1, 0.15) is 42.1 Å². The number of nitrogens with one attached hydrogen (secondary N) is 1. The van der Waals surface area contributed by atoms with Crippen molar-refractivity contribution in [2.75, 3.05) is 5.75 Å². The van der Waals surface area contributed by atoms with Crippen molar-refractivity contribution in [3.63, 3.8) is 0 Å². The molecule has 0 saturated carbocycles. The SMILES string of the molecule is CC(C)c1c(Cc2cccc3ccccc23)nc(SCCc2ccccc2)[nH]c1=O. The van der Waals surface area contributed by atoms with Gasteiger partial charge >= 0.3 is 0 Å². The Kier molecular flexibility index (Phi) is 6.34. The molecule has 1 aromatic heterocycles. The molecular weight excluding hydrogens is 388 g/mol. The molecule has 4 aromatic rings. The number of aryl methyl sites for hydroxylation is 1. The van der Waals surface area contributed by atoms with Crippen molar-refractivity contribution in [1.82, 2.24) is 9.97 Å². The molecule has 0 amide bonds. The minimum absolute atomic E-state index is 0.0163. The van der Waals surface area contributed by atoms with Gasteiger partial charge in [0.05, 0.1) is 5.69 Å². The number of hydrogen-bond acceptors (Lipinski definition) is 3. The molecule has 3 nitrogen and oxygen atoms in total. The van der Waals surface area contributed by atoms with Gasteiger partial charge in [-0.25, -0.2) is 4.98 Å². The maximum atomic E-state index is 12.9. The number of aromatic amines is 1. The number of H-pyrrole nitrogens is 1. The summed E-state index contributed by atoms with van der Waals surface area (Å²) in [6, 6.07) is 25.1. The molecular formula is C26H26N2OS. The van der Waals surface area contributed by atoms with E-state index in [0.29, 0.717) is 11.6 Å². The first-order valence-electron chi connectivity index (χ1n) is 10.4. The van der Waals surface area contributed by atoms with Crippen LogP contribution in [0.25, 0.3) is 10.8 Å². The molecule has 0 aliphatic heterocycles. The van der Waals surface area contributed by atoms with Gasteiger partial charge in [0.25, 0.3) is 5.56 Å². The highest BCUT2D eigenvalue weighted by Gasteiger charge is 2.16. The third-order valence-electron chi connectivity index (χ3n) is 5.30. The van der Waals surface area contributed by atoms with Crippen molar-refractivity contribution >= 4 is 22.5 Å². The number of benzene rings is 3. The highest BCUT2D eigenvalue weighted by molar-refractivity contribution is 7.99. The van der Waals surface area contributed by atoms with E-state index in [-0.39, 0.29) is 11.5 Å². The Labute approximate surface area is 181 Å². The van der Waals surface area contributed by atoms with Gasteiger partial charge in [0, 0.05) is 17.7 Å². The van der Waals surface area contributed by atoms with E-state index >= 15 is 0 Å². The van der Waals surface area contributed by atoms with Gasteiger partial charge in [-0.15, -0.1) is 0 Å².